The van der Waals surface area contributed by atoms with Crippen LogP contribution in [0, 0.1) is 13.8 Å². The molecule has 5 nitrogen and oxygen atoms in total. The number of allylic oxidation sites excluding steroid dienone is 9. The lowest BCUT2D eigenvalue weighted by Crippen LogP contribution is -2.37. The van der Waals surface area contributed by atoms with E-state index in [-0.39, 0.29) is 10.8 Å². The standard InChI is InChI=1S/C45H60N2O3/c1-11-36-37(44(7,8)38-28-34(49-13-3)26-30(5)41(36)38)20-18-32-16-15-17-33(43(32)46-22-24-48-25-23-46)19-21-40-45(9,10)39-29-35(50-14-4)27-31(6)42(39)47(40)12-2/h18-21,26-29H,11-17,22-25H2,1-10H3/b20-18+,33-19+,40-21-. The summed E-state index contributed by atoms with van der Waals surface area (Å²) in [7, 11) is 0. The van der Waals surface area contributed by atoms with Crippen molar-refractivity contribution in [1.82, 2.24) is 4.90 Å². The minimum atomic E-state index is -0.132. The van der Waals surface area contributed by atoms with Crippen LogP contribution in [0.1, 0.15) is 109 Å². The summed E-state index contributed by atoms with van der Waals surface area (Å²) in [5, 5.41) is 0. The molecule has 5 heteroatoms. The average molecular weight is 677 g/mol. The molecular formula is C45H60N2O3. The van der Waals surface area contributed by atoms with Crippen LogP contribution in [0.25, 0.3) is 5.57 Å². The molecule has 1 saturated heterocycles. The fourth-order valence-corrected chi connectivity index (χ4v) is 9.08. The van der Waals surface area contributed by atoms with Crippen LogP contribution < -0.4 is 14.4 Å². The quantitative estimate of drug-likeness (QED) is 0.250. The van der Waals surface area contributed by atoms with Crippen molar-refractivity contribution in [3.8, 4) is 11.5 Å². The predicted octanol–water partition coefficient (Wildman–Crippen LogP) is 10.5. The number of morpholine rings is 1. The third-order valence-corrected chi connectivity index (χ3v) is 11.4. The molecule has 0 bridgehead atoms. The van der Waals surface area contributed by atoms with Crippen LogP contribution in [0.4, 0.5) is 5.69 Å². The second-order valence-electron chi connectivity index (χ2n) is 15.3. The molecule has 50 heavy (non-hydrogen) atoms. The van der Waals surface area contributed by atoms with Gasteiger partial charge in [0.1, 0.15) is 11.5 Å². The molecule has 2 heterocycles. The summed E-state index contributed by atoms with van der Waals surface area (Å²) in [6.45, 7) is 28.4. The van der Waals surface area contributed by atoms with Crippen LogP contribution in [0.2, 0.25) is 0 Å². The van der Waals surface area contributed by atoms with E-state index in [9.17, 15) is 0 Å². The second-order valence-corrected chi connectivity index (χ2v) is 15.3. The molecule has 0 amide bonds. The predicted molar refractivity (Wildman–Crippen MR) is 210 cm³/mol. The average Bonchev–Trinajstić information content (AvgIpc) is 3.45. The van der Waals surface area contributed by atoms with Crippen molar-refractivity contribution >= 4 is 11.3 Å². The van der Waals surface area contributed by atoms with Gasteiger partial charge in [-0.2, -0.15) is 0 Å². The van der Waals surface area contributed by atoms with Crippen LogP contribution in [0.3, 0.4) is 0 Å². The van der Waals surface area contributed by atoms with E-state index in [0.717, 1.165) is 70.0 Å². The first-order valence-electron chi connectivity index (χ1n) is 19.2. The van der Waals surface area contributed by atoms with Crippen LogP contribution >= 0.6 is 0 Å². The van der Waals surface area contributed by atoms with Crippen molar-refractivity contribution in [3.63, 3.8) is 0 Å². The Labute approximate surface area is 302 Å². The molecule has 0 radical (unpaired) electrons. The summed E-state index contributed by atoms with van der Waals surface area (Å²) in [5.74, 6) is 1.94. The van der Waals surface area contributed by atoms with Gasteiger partial charge >= 0.3 is 0 Å². The van der Waals surface area contributed by atoms with Crippen molar-refractivity contribution < 1.29 is 14.2 Å². The molecule has 2 aliphatic heterocycles. The Morgan fingerprint density at radius 3 is 2.08 bits per heavy atom. The monoisotopic (exact) mass is 676 g/mol. The SMILES string of the molecule is CCOc1cc(C)c2c(c1)C(C)(C)C(/C=C/C1=C(N3CCOCC3)C(=C/C=C3\N(CC)c4c(C)cc(OCC)cc4C3(C)C)/CCC1)=C2CC. The van der Waals surface area contributed by atoms with Gasteiger partial charge in [0.2, 0.25) is 0 Å². The highest BCUT2D eigenvalue weighted by Crippen LogP contribution is 2.52. The van der Waals surface area contributed by atoms with E-state index in [0.29, 0.717) is 13.2 Å². The lowest BCUT2D eigenvalue weighted by molar-refractivity contribution is 0.0538. The first-order chi connectivity index (χ1) is 24.0. The lowest BCUT2D eigenvalue weighted by Gasteiger charge is -2.36. The summed E-state index contributed by atoms with van der Waals surface area (Å²) < 4.78 is 17.9. The molecule has 0 unspecified atom stereocenters. The molecule has 268 valence electrons. The minimum Gasteiger partial charge on any atom is -0.494 e. The molecule has 6 rings (SSSR count). The molecule has 4 aliphatic rings. The molecule has 2 aliphatic carbocycles. The Kier molecular flexibility index (Phi) is 10.5. The highest BCUT2D eigenvalue weighted by Gasteiger charge is 2.41. The Balaban J connectivity index is 1.43. The zero-order valence-corrected chi connectivity index (χ0v) is 32.5. The number of benzene rings is 2. The maximum Gasteiger partial charge on any atom is 0.119 e. The van der Waals surface area contributed by atoms with Crippen molar-refractivity contribution in [3.05, 3.63) is 105 Å². The Hall–Kier alpha value is -3.70. The number of anilines is 1. The molecule has 1 fully saturated rings. The van der Waals surface area contributed by atoms with Gasteiger partial charge in [0.05, 0.1) is 26.4 Å². The van der Waals surface area contributed by atoms with Gasteiger partial charge in [0.25, 0.3) is 0 Å². The van der Waals surface area contributed by atoms with Gasteiger partial charge in [-0.05, 0) is 141 Å². The summed E-state index contributed by atoms with van der Waals surface area (Å²) >= 11 is 0. The van der Waals surface area contributed by atoms with Crippen LogP contribution in [0.15, 0.2) is 76.7 Å². The van der Waals surface area contributed by atoms with Gasteiger partial charge in [0, 0.05) is 47.5 Å². The number of nitrogens with zero attached hydrogens (tertiary/aromatic N) is 2. The van der Waals surface area contributed by atoms with E-state index >= 15 is 0 Å². The van der Waals surface area contributed by atoms with Crippen molar-refractivity contribution in [2.45, 2.75) is 106 Å². The molecule has 2 aromatic rings. The van der Waals surface area contributed by atoms with Crippen LogP contribution in [0.5, 0.6) is 11.5 Å². The van der Waals surface area contributed by atoms with Crippen molar-refractivity contribution in [2.24, 2.45) is 0 Å². The van der Waals surface area contributed by atoms with E-state index in [1.54, 1.807) is 0 Å². The van der Waals surface area contributed by atoms with E-state index in [4.69, 9.17) is 14.2 Å². The fourth-order valence-electron chi connectivity index (χ4n) is 9.08. The van der Waals surface area contributed by atoms with Gasteiger partial charge in [-0.3, -0.25) is 0 Å². The maximum atomic E-state index is 6.00. The van der Waals surface area contributed by atoms with E-state index in [2.05, 4.69) is 128 Å². The fraction of sp³-hybridized carbons (Fsp3) is 0.511. The highest BCUT2D eigenvalue weighted by molar-refractivity contribution is 5.84. The minimum absolute atomic E-state index is 0.0979. The molecule has 0 spiro atoms. The van der Waals surface area contributed by atoms with Crippen molar-refractivity contribution in [2.75, 3.05) is 51.0 Å². The van der Waals surface area contributed by atoms with E-state index in [1.165, 1.54) is 67.2 Å². The van der Waals surface area contributed by atoms with Gasteiger partial charge in [-0.25, -0.2) is 0 Å². The lowest BCUT2D eigenvalue weighted by atomic mass is 9.80. The molecular weight excluding hydrogens is 617 g/mol. The molecule has 2 aromatic carbocycles. The van der Waals surface area contributed by atoms with Crippen LogP contribution in [-0.2, 0) is 15.6 Å². The van der Waals surface area contributed by atoms with Crippen LogP contribution in [-0.4, -0.2) is 51.0 Å². The number of hydrogen-bond donors (Lipinski definition) is 0. The van der Waals surface area contributed by atoms with Gasteiger partial charge in [-0.15, -0.1) is 0 Å². The summed E-state index contributed by atoms with van der Waals surface area (Å²) in [4.78, 5) is 5.12. The molecule has 0 aromatic heterocycles. The van der Waals surface area contributed by atoms with Crippen molar-refractivity contribution in [1.29, 1.82) is 0 Å². The zero-order chi connectivity index (χ0) is 35.8. The van der Waals surface area contributed by atoms with E-state index in [1.807, 2.05) is 0 Å². The van der Waals surface area contributed by atoms with Gasteiger partial charge in [-0.1, -0.05) is 52.8 Å². The number of aryl methyl sites for hydroxylation is 2. The molecule has 0 N–H and O–H groups in total. The number of likely N-dealkylation sites (N-methyl/N-ethyl adjacent to an activating group) is 1. The third kappa shape index (κ3) is 6.36. The summed E-state index contributed by atoms with van der Waals surface area (Å²) in [6, 6.07) is 8.98. The Morgan fingerprint density at radius 2 is 1.44 bits per heavy atom. The molecule has 0 atom stereocenters. The number of rotatable bonds is 10. The number of hydrogen-bond acceptors (Lipinski definition) is 5. The third-order valence-electron chi connectivity index (χ3n) is 11.4. The van der Waals surface area contributed by atoms with E-state index < -0.39 is 0 Å². The van der Waals surface area contributed by atoms with Gasteiger partial charge in [0.15, 0.2) is 0 Å². The topological polar surface area (TPSA) is 34.2 Å². The Morgan fingerprint density at radius 1 is 0.780 bits per heavy atom. The van der Waals surface area contributed by atoms with Gasteiger partial charge < -0.3 is 24.0 Å². The summed E-state index contributed by atoms with van der Waals surface area (Å²) in [6.07, 6.45) is 14.1. The summed E-state index contributed by atoms with van der Waals surface area (Å²) in [5.41, 5.74) is 16.4. The Bertz CT molecular complexity index is 1780. The number of fused-ring (bicyclic) bond motifs is 2. The maximum absolute atomic E-state index is 6.00. The molecule has 0 saturated carbocycles. The smallest absolute Gasteiger partial charge is 0.119 e. The largest absolute Gasteiger partial charge is 0.494 e. The zero-order valence-electron chi connectivity index (χ0n) is 32.5. The first kappa shape index (κ1) is 36.1. The first-order valence-corrected chi connectivity index (χ1v) is 19.2. The second kappa shape index (κ2) is 14.5. The highest BCUT2D eigenvalue weighted by atomic mass is 16.5. The number of ether oxygens (including phenoxy) is 3. The normalized spacial score (nSPS) is 21.6.